The van der Waals surface area contributed by atoms with E-state index in [2.05, 4.69) is 24.1 Å². The van der Waals surface area contributed by atoms with Gasteiger partial charge < -0.3 is 19.9 Å². The van der Waals surface area contributed by atoms with Crippen molar-refractivity contribution in [2.45, 2.75) is 33.2 Å². The molecule has 144 valence electrons. The Morgan fingerprint density at radius 1 is 1.31 bits per heavy atom. The van der Waals surface area contributed by atoms with Crippen molar-refractivity contribution in [3.63, 3.8) is 0 Å². The number of nitrogens with zero attached hydrogens (tertiary/aromatic N) is 3. The zero-order valence-electron chi connectivity index (χ0n) is 16.0. The summed E-state index contributed by atoms with van der Waals surface area (Å²) in [5, 5.41) is 3.38. The smallest absolute Gasteiger partial charge is 0.194 e. The van der Waals surface area contributed by atoms with Gasteiger partial charge in [0.2, 0.25) is 0 Å². The number of benzene rings is 1. The van der Waals surface area contributed by atoms with Gasteiger partial charge in [0.1, 0.15) is 5.82 Å². The molecule has 0 amide bonds. The predicted molar refractivity (Wildman–Crippen MR) is 104 cm³/mol. The van der Waals surface area contributed by atoms with Crippen molar-refractivity contribution in [2.24, 2.45) is 10.9 Å². The van der Waals surface area contributed by atoms with E-state index in [4.69, 9.17) is 9.73 Å². The van der Waals surface area contributed by atoms with Gasteiger partial charge in [0, 0.05) is 32.7 Å². The largest absolute Gasteiger partial charge is 0.378 e. The first-order valence-electron chi connectivity index (χ1n) is 9.81. The number of anilines is 1. The van der Waals surface area contributed by atoms with Crippen LogP contribution >= 0.6 is 0 Å². The van der Waals surface area contributed by atoms with Crippen molar-refractivity contribution in [3.05, 3.63) is 29.6 Å². The molecule has 2 heterocycles. The molecule has 5 nitrogen and oxygen atoms in total. The van der Waals surface area contributed by atoms with Gasteiger partial charge in [-0.1, -0.05) is 13.0 Å². The average molecular weight is 362 g/mol. The van der Waals surface area contributed by atoms with Gasteiger partial charge in [-0.15, -0.1) is 0 Å². The monoisotopic (exact) mass is 362 g/mol. The van der Waals surface area contributed by atoms with E-state index in [-0.39, 0.29) is 5.82 Å². The van der Waals surface area contributed by atoms with E-state index in [1.165, 1.54) is 12.8 Å². The summed E-state index contributed by atoms with van der Waals surface area (Å²) in [6.07, 6.45) is 2.48. The lowest BCUT2D eigenvalue weighted by molar-refractivity contribution is 0.122. The molecule has 1 unspecified atom stereocenters. The van der Waals surface area contributed by atoms with Gasteiger partial charge in [0.05, 0.1) is 25.4 Å². The number of aliphatic imine (C=N–C) groups is 1. The van der Waals surface area contributed by atoms with E-state index in [9.17, 15) is 4.39 Å². The molecule has 0 aromatic heterocycles. The molecule has 26 heavy (non-hydrogen) atoms. The molecule has 1 N–H and O–H groups in total. The molecule has 0 radical (unpaired) electrons. The Hall–Kier alpha value is -1.82. The summed E-state index contributed by atoms with van der Waals surface area (Å²) >= 11 is 0. The van der Waals surface area contributed by atoms with E-state index in [0.29, 0.717) is 31.4 Å². The van der Waals surface area contributed by atoms with Gasteiger partial charge in [-0.05, 0) is 43.4 Å². The zero-order chi connectivity index (χ0) is 18.4. The minimum absolute atomic E-state index is 0.170. The quantitative estimate of drug-likeness (QED) is 0.660. The van der Waals surface area contributed by atoms with Gasteiger partial charge in [0.15, 0.2) is 5.96 Å². The number of morpholine rings is 1. The number of piperidine rings is 1. The zero-order valence-corrected chi connectivity index (χ0v) is 16.0. The Balaban J connectivity index is 1.67. The van der Waals surface area contributed by atoms with E-state index in [1.54, 1.807) is 6.07 Å². The number of ether oxygens (including phenoxy) is 1. The number of halogens is 1. The highest BCUT2D eigenvalue weighted by Crippen LogP contribution is 2.22. The van der Waals surface area contributed by atoms with Crippen LogP contribution in [0, 0.1) is 11.7 Å². The first-order valence-corrected chi connectivity index (χ1v) is 9.81. The molecule has 0 aliphatic carbocycles. The molecule has 1 atom stereocenters. The number of nitrogens with one attached hydrogen (secondary N) is 1. The van der Waals surface area contributed by atoms with Crippen molar-refractivity contribution in [1.82, 2.24) is 10.2 Å². The van der Waals surface area contributed by atoms with Crippen LogP contribution in [0.15, 0.2) is 23.2 Å². The summed E-state index contributed by atoms with van der Waals surface area (Å²) in [4.78, 5) is 9.13. The van der Waals surface area contributed by atoms with Crippen molar-refractivity contribution in [3.8, 4) is 0 Å². The van der Waals surface area contributed by atoms with E-state index < -0.39 is 0 Å². The Morgan fingerprint density at radius 2 is 2.12 bits per heavy atom. The first-order chi connectivity index (χ1) is 12.7. The minimum atomic E-state index is -0.170. The number of hydrogen-bond donors (Lipinski definition) is 1. The molecule has 3 rings (SSSR count). The molecule has 6 heteroatoms. The summed E-state index contributed by atoms with van der Waals surface area (Å²) in [5.41, 5.74) is 1.57. The maximum Gasteiger partial charge on any atom is 0.194 e. The molecule has 2 fully saturated rings. The summed E-state index contributed by atoms with van der Waals surface area (Å²) in [6.45, 7) is 10.6. The third-order valence-electron chi connectivity index (χ3n) is 5.07. The molecule has 2 aliphatic heterocycles. The van der Waals surface area contributed by atoms with Crippen LogP contribution in [0.2, 0.25) is 0 Å². The van der Waals surface area contributed by atoms with E-state index >= 15 is 0 Å². The van der Waals surface area contributed by atoms with Crippen LogP contribution in [0.5, 0.6) is 0 Å². The SMILES string of the molecule is CCNC(=NCc1ccc(N2CCOCC2)c(F)c1)N1CCCC(C)C1. The van der Waals surface area contributed by atoms with Gasteiger partial charge in [-0.3, -0.25) is 0 Å². The first kappa shape index (κ1) is 19.0. The second-order valence-electron chi connectivity index (χ2n) is 7.25. The molecule has 2 aliphatic rings. The lowest BCUT2D eigenvalue weighted by atomic mass is 10.0. The summed E-state index contributed by atoms with van der Waals surface area (Å²) in [5.74, 6) is 1.46. The second-order valence-corrected chi connectivity index (χ2v) is 7.25. The number of rotatable bonds is 4. The van der Waals surface area contributed by atoms with Crippen LogP contribution in [0.4, 0.5) is 10.1 Å². The second kappa shape index (κ2) is 9.21. The fourth-order valence-electron chi connectivity index (χ4n) is 3.68. The van der Waals surface area contributed by atoms with Crippen molar-refractivity contribution < 1.29 is 9.13 Å². The lowest BCUT2D eigenvalue weighted by Crippen LogP contribution is -2.46. The topological polar surface area (TPSA) is 40.1 Å². The van der Waals surface area contributed by atoms with Crippen LogP contribution < -0.4 is 10.2 Å². The maximum atomic E-state index is 14.6. The molecule has 0 spiro atoms. The Labute approximate surface area is 156 Å². The van der Waals surface area contributed by atoms with Crippen LogP contribution in [-0.2, 0) is 11.3 Å². The molecule has 2 saturated heterocycles. The third kappa shape index (κ3) is 4.87. The van der Waals surface area contributed by atoms with Crippen LogP contribution in [0.25, 0.3) is 0 Å². The molecule has 0 saturated carbocycles. The molecule has 1 aromatic carbocycles. The number of likely N-dealkylation sites (tertiary alicyclic amines) is 1. The molecule has 0 bridgehead atoms. The van der Waals surface area contributed by atoms with E-state index in [0.717, 1.165) is 44.2 Å². The Kier molecular flexibility index (Phi) is 6.72. The highest BCUT2D eigenvalue weighted by molar-refractivity contribution is 5.80. The van der Waals surface area contributed by atoms with Crippen molar-refractivity contribution in [1.29, 1.82) is 0 Å². The van der Waals surface area contributed by atoms with Crippen molar-refractivity contribution in [2.75, 3.05) is 50.8 Å². The number of hydrogen-bond acceptors (Lipinski definition) is 3. The third-order valence-corrected chi connectivity index (χ3v) is 5.07. The average Bonchev–Trinajstić information content (AvgIpc) is 2.66. The van der Waals surface area contributed by atoms with Crippen molar-refractivity contribution >= 4 is 11.6 Å². The van der Waals surface area contributed by atoms with Gasteiger partial charge >= 0.3 is 0 Å². The summed E-state index contributed by atoms with van der Waals surface area (Å²) < 4.78 is 19.9. The fraction of sp³-hybridized carbons (Fsp3) is 0.650. The van der Waals surface area contributed by atoms with Gasteiger partial charge in [0.25, 0.3) is 0 Å². The summed E-state index contributed by atoms with van der Waals surface area (Å²) in [6, 6.07) is 5.48. The van der Waals surface area contributed by atoms with Gasteiger partial charge in [-0.2, -0.15) is 0 Å². The summed E-state index contributed by atoms with van der Waals surface area (Å²) in [7, 11) is 0. The molecule has 1 aromatic rings. The van der Waals surface area contributed by atoms with Crippen LogP contribution in [0.3, 0.4) is 0 Å². The Bertz CT molecular complexity index is 616. The molecular weight excluding hydrogens is 331 g/mol. The van der Waals surface area contributed by atoms with E-state index in [1.807, 2.05) is 17.0 Å². The fourth-order valence-corrected chi connectivity index (χ4v) is 3.68. The number of guanidine groups is 1. The normalized spacial score (nSPS) is 21.8. The lowest BCUT2D eigenvalue weighted by Gasteiger charge is -2.33. The highest BCUT2D eigenvalue weighted by Gasteiger charge is 2.19. The highest BCUT2D eigenvalue weighted by atomic mass is 19.1. The Morgan fingerprint density at radius 3 is 2.81 bits per heavy atom. The molecular formula is C20H31FN4O. The van der Waals surface area contributed by atoms with Gasteiger partial charge in [-0.25, -0.2) is 9.38 Å². The standard InChI is InChI=1S/C20H31FN4O/c1-3-22-20(25-8-4-5-16(2)15-25)23-14-17-6-7-19(18(21)13-17)24-9-11-26-12-10-24/h6-7,13,16H,3-5,8-12,14-15H2,1-2H3,(H,22,23). The van der Waals surface area contributed by atoms with Crippen LogP contribution in [-0.4, -0.2) is 56.8 Å². The maximum absolute atomic E-state index is 14.6. The predicted octanol–water partition coefficient (Wildman–Crippen LogP) is 2.86. The van der Waals surface area contributed by atoms with Crippen LogP contribution in [0.1, 0.15) is 32.3 Å². The minimum Gasteiger partial charge on any atom is -0.378 e.